The van der Waals surface area contributed by atoms with Gasteiger partial charge in [-0.25, -0.2) is 8.42 Å². The molecule has 2 heterocycles. The number of nitrogens with zero attached hydrogens (tertiary/aromatic N) is 3. The number of H-pyrrole nitrogens is 1. The Balaban J connectivity index is 2.21. The van der Waals surface area contributed by atoms with Gasteiger partial charge in [-0.2, -0.15) is 9.40 Å². The Morgan fingerprint density at radius 3 is 2.55 bits per heavy atom. The fourth-order valence-corrected chi connectivity index (χ4v) is 5.00. The molecule has 0 aliphatic carbocycles. The normalized spacial score (nSPS) is 24.6. The molecule has 1 aromatic heterocycles. The van der Waals surface area contributed by atoms with E-state index in [9.17, 15) is 13.5 Å². The third-order valence-corrected chi connectivity index (χ3v) is 6.31. The van der Waals surface area contributed by atoms with Crippen molar-refractivity contribution in [1.82, 2.24) is 19.4 Å². The molecule has 126 valence electrons. The van der Waals surface area contributed by atoms with Crippen LogP contribution in [0.2, 0.25) is 0 Å². The summed E-state index contributed by atoms with van der Waals surface area (Å²) < 4.78 is 27.2. The van der Waals surface area contributed by atoms with Crippen molar-refractivity contribution in [3.8, 4) is 0 Å². The predicted octanol–water partition coefficient (Wildman–Crippen LogP) is 0.494. The average molecular weight is 330 g/mol. The first-order chi connectivity index (χ1) is 10.2. The summed E-state index contributed by atoms with van der Waals surface area (Å²) in [5, 5.41) is 17.4. The number of aliphatic hydroxyl groups is 1. The van der Waals surface area contributed by atoms with E-state index in [4.69, 9.17) is 0 Å². The third-order valence-electron chi connectivity index (χ3n) is 4.15. The summed E-state index contributed by atoms with van der Waals surface area (Å²) in [5.41, 5.74) is 0.226. The quantitative estimate of drug-likeness (QED) is 0.839. The van der Waals surface area contributed by atoms with Gasteiger partial charge in [0.1, 0.15) is 4.90 Å². The van der Waals surface area contributed by atoms with Gasteiger partial charge in [-0.3, -0.25) is 5.10 Å². The number of aryl methyl sites for hydroxylation is 2. The van der Waals surface area contributed by atoms with Crippen molar-refractivity contribution >= 4 is 10.0 Å². The molecule has 2 rings (SSSR count). The molecular weight excluding hydrogens is 304 g/mol. The van der Waals surface area contributed by atoms with Crippen LogP contribution >= 0.6 is 0 Å². The van der Waals surface area contributed by atoms with Gasteiger partial charge in [0.2, 0.25) is 10.0 Å². The molecule has 0 saturated carbocycles. The summed E-state index contributed by atoms with van der Waals surface area (Å²) in [6.45, 7) is 4.72. The fraction of sp³-hybridized carbons (Fsp3) is 0.786. The van der Waals surface area contributed by atoms with Crippen LogP contribution in [-0.4, -0.2) is 72.3 Å². The molecule has 0 amide bonds. The maximum atomic E-state index is 12.8. The predicted molar refractivity (Wildman–Crippen MR) is 84.2 cm³/mol. The number of sulfonamides is 1. The molecule has 0 aromatic carbocycles. The molecule has 22 heavy (non-hydrogen) atoms. The van der Waals surface area contributed by atoms with E-state index in [1.807, 2.05) is 19.0 Å². The molecule has 0 spiro atoms. The largest absolute Gasteiger partial charge is 0.389 e. The summed E-state index contributed by atoms with van der Waals surface area (Å²) in [6.07, 6.45) is 1.71. The van der Waals surface area contributed by atoms with Gasteiger partial charge in [0.05, 0.1) is 17.0 Å². The topological polar surface area (TPSA) is 89.5 Å². The lowest BCUT2D eigenvalue weighted by atomic mass is 9.94. The Hall–Kier alpha value is -0.960. The summed E-state index contributed by atoms with van der Waals surface area (Å²) in [4.78, 5) is 2.21. The minimum absolute atomic E-state index is 0.269. The molecule has 0 unspecified atom stereocenters. The van der Waals surface area contributed by atoms with Crippen LogP contribution in [0.5, 0.6) is 0 Å². The Labute approximate surface area is 132 Å². The summed E-state index contributed by atoms with van der Waals surface area (Å²) in [7, 11) is 0.257. The first kappa shape index (κ1) is 17.4. The monoisotopic (exact) mass is 330 g/mol. The minimum atomic E-state index is -3.57. The van der Waals surface area contributed by atoms with Crippen molar-refractivity contribution in [2.75, 3.05) is 33.7 Å². The highest BCUT2D eigenvalue weighted by molar-refractivity contribution is 7.89. The fourth-order valence-electron chi connectivity index (χ4n) is 3.19. The Bertz CT molecular complexity index is 607. The standard InChI is InChI=1S/C14H26N4O3S/c1-11-13(12(2)16-15-11)22(20,21)18-8-5-6-14(19,7-9-18)10-17(3)4/h19H,5-10H2,1-4H3,(H,15,16)/t14-/m1/s1. The maximum absolute atomic E-state index is 12.8. The van der Waals surface area contributed by atoms with Crippen LogP contribution in [-0.2, 0) is 10.0 Å². The molecule has 0 bridgehead atoms. The first-order valence-corrected chi connectivity index (χ1v) is 8.98. The second kappa shape index (κ2) is 6.27. The van der Waals surface area contributed by atoms with Crippen molar-refractivity contribution < 1.29 is 13.5 Å². The van der Waals surface area contributed by atoms with Crippen molar-refractivity contribution in [3.63, 3.8) is 0 Å². The van der Waals surface area contributed by atoms with E-state index in [-0.39, 0.29) is 4.90 Å². The molecule has 1 aromatic rings. The van der Waals surface area contributed by atoms with E-state index in [2.05, 4.69) is 10.2 Å². The van der Waals surface area contributed by atoms with Crippen LogP contribution in [0.1, 0.15) is 30.7 Å². The van der Waals surface area contributed by atoms with Gasteiger partial charge in [0.25, 0.3) is 0 Å². The van der Waals surface area contributed by atoms with Crippen molar-refractivity contribution in [3.05, 3.63) is 11.4 Å². The summed E-state index contributed by atoms with van der Waals surface area (Å²) >= 11 is 0. The van der Waals surface area contributed by atoms with Gasteiger partial charge in [-0.05, 0) is 47.2 Å². The van der Waals surface area contributed by atoms with Crippen LogP contribution in [0, 0.1) is 13.8 Å². The Morgan fingerprint density at radius 2 is 2.00 bits per heavy atom. The smallest absolute Gasteiger partial charge is 0.246 e. The number of hydrogen-bond acceptors (Lipinski definition) is 5. The second-order valence-corrected chi connectivity index (χ2v) is 8.36. The van der Waals surface area contributed by atoms with Gasteiger partial charge in [-0.15, -0.1) is 0 Å². The van der Waals surface area contributed by atoms with Gasteiger partial charge in [-0.1, -0.05) is 0 Å². The lowest BCUT2D eigenvalue weighted by molar-refractivity contribution is 0.00405. The van der Waals surface area contributed by atoms with E-state index < -0.39 is 15.6 Å². The zero-order valence-electron chi connectivity index (χ0n) is 13.8. The minimum Gasteiger partial charge on any atom is -0.389 e. The zero-order valence-corrected chi connectivity index (χ0v) is 14.6. The number of rotatable bonds is 4. The number of aromatic amines is 1. The van der Waals surface area contributed by atoms with Gasteiger partial charge < -0.3 is 10.0 Å². The van der Waals surface area contributed by atoms with Gasteiger partial charge in [0, 0.05) is 19.6 Å². The highest BCUT2D eigenvalue weighted by atomic mass is 32.2. The lowest BCUT2D eigenvalue weighted by Crippen LogP contribution is -2.41. The van der Waals surface area contributed by atoms with E-state index in [1.54, 1.807) is 13.8 Å². The van der Waals surface area contributed by atoms with Crippen LogP contribution in [0.15, 0.2) is 4.90 Å². The average Bonchev–Trinajstić information content (AvgIpc) is 2.60. The van der Waals surface area contributed by atoms with Gasteiger partial charge in [0.15, 0.2) is 0 Å². The summed E-state index contributed by atoms with van der Waals surface area (Å²) in [6, 6.07) is 0. The molecule has 1 saturated heterocycles. The molecule has 1 atom stereocenters. The van der Waals surface area contributed by atoms with Crippen LogP contribution in [0.4, 0.5) is 0 Å². The van der Waals surface area contributed by atoms with Crippen LogP contribution in [0.25, 0.3) is 0 Å². The molecule has 1 aliphatic heterocycles. The SMILES string of the molecule is Cc1n[nH]c(C)c1S(=O)(=O)N1CCC[C@](O)(CN(C)C)CC1. The molecule has 7 nitrogen and oxygen atoms in total. The van der Waals surface area contributed by atoms with Crippen LogP contribution < -0.4 is 0 Å². The number of hydrogen-bond donors (Lipinski definition) is 2. The third kappa shape index (κ3) is 3.51. The number of likely N-dealkylation sites (N-methyl/N-ethyl adjacent to an activating group) is 1. The number of nitrogens with one attached hydrogen (secondary N) is 1. The van der Waals surface area contributed by atoms with E-state index in [0.29, 0.717) is 50.3 Å². The molecule has 1 fully saturated rings. The molecule has 0 radical (unpaired) electrons. The Kier molecular flexibility index (Phi) is 4.96. The molecule has 1 aliphatic rings. The van der Waals surface area contributed by atoms with Crippen molar-refractivity contribution in [2.45, 2.75) is 43.6 Å². The highest BCUT2D eigenvalue weighted by Gasteiger charge is 2.36. The lowest BCUT2D eigenvalue weighted by Gasteiger charge is -2.29. The molecular formula is C14H26N4O3S. The van der Waals surface area contributed by atoms with E-state index in [0.717, 1.165) is 0 Å². The molecule has 8 heteroatoms. The van der Waals surface area contributed by atoms with E-state index >= 15 is 0 Å². The first-order valence-electron chi connectivity index (χ1n) is 7.54. The second-order valence-electron chi connectivity index (χ2n) is 6.48. The molecule has 2 N–H and O–H groups in total. The number of aromatic nitrogens is 2. The van der Waals surface area contributed by atoms with Crippen LogP contribution in [0.3, 0.4) is 0 Å². The van der Waals surface area contributed by atoms with Crippen molar-refractivity contribution in [2.24, 2.45) is 0 Å². The van der Waals surface area contributed by atoms with E-state index in [1.165, 1.54) is 4.31 Å². The van der Waals surface area contributed by atoms with Crippen molar-refractivity contribution in [1.29, 1.82) is 0 Å². The highest BCUT2D eigenvalue weighted by Crippen LogP contribution is 2.28. The zero-order chi connectivity index (χ0) is 16.5. The summed E-state index contributed by atoms with van der Waals surface area (Å²) in [5.74, 6) is 0. The maximum Gasteiger partial charge on any atom is 0.246 e. The van der Waals surface area contributed by atoms with Gasteiger partial charge >= 0.3 is 0 Å². The Morgan fingerprint density at radius 1 is 1.32 bits per heavy atom.